The molecule has 0 saturated heterocycles. The van der Waals surface area contributed by atoms with E-state index in [9.17, 15) is 9.59 Å². The summed E-state index contributed by atoms with van der Waals surface area (Å²) in [5.41, 5.74) is 5.58. The Morgan fingerprint density at radius 3 is 2.61 bits per heavy atom. The summed E-state index contributed by atoms with van der Waals surface area (Å²) in [4.78, 5) is 26.0. The van der Waals surface area contributed by atoms with Crippen LogP contribution < -0.4 is 11.1 Å². The Morgan fingerprint density at radius 2 is 2.17 bits per heavy atom. The van der Waals surface area contributed by atoms with Gasteiger partial charge in [-0.15, -0.1) is 0 Å². The van der Waals surface area contributed by atoms with Crippen LogP contribution in [0.25, 0.3) is 0 Å². The molecule has 0 fully saturated rings. The van der Waals surface area contributed by atoms with Crippen molar-refractivity contribution in [3.05, 3.63) is 29.6 Å². The van der Waals surface area contributed by atoms with E-state index in [1.807, 2.05) is 6.92 Å². The Hall–Kier alpha value is -1.95. The highest BCUT2D eigenvalue weighted by Gasteiger charge is 2.25. The second-order valence-corrected chi connectivity index (χ2v) is 4.31. The third-order valence-corrected chi connectivity index (χ3v) is 2.75. The van der Waals surface area contributed by atoms with Gasteiger partial charge in [-0.2, -0.15) is 0 Å². The maximum absolute atomic E-state index is 11.7. The van der Waals surface area contributed by atoms with E-state index in [2.05, 4.69) is 10.3 Å². The molecule has 6 heteroatoms. The van der Waals surface area contributed by atoms with Crippen molar-refractivity contribution in [1.29, 1.82) is 0 Å². The van der Waals surface area contributed by atoms with Crippen molar-refractivity contribution in [2.75, 3.05) is 0 Å². The van der Waals surface area contributed by atoms with E-state index in [1.54, 1.807) is 13.0 Å². The van der Waals surface area contributed by atoms with E-state index >= 15 is 0 Å². The van der Waals surface area contributed by atoms with Crippen molar-refractivity contribution in [1.82, 2.24) is 10.3 Å². The molecule has 1 aromatic heterocycles. The predicted octanol–water partition coefficient (Wildman–Crippen LogP) is 0.523. The SMILES string of the molecule is CCC(C)(N)C(=O)NCc1ccc(C(=O)O)nc1. The number of amides is 1. The molecule has 4 N–H and O–H groups in total. The van der Waals surface area contributed by atoms with Gasteiger partial charge in [0.25, 0.3) is 0 Å². The standard InChI is InChI=1S/C12H17N3O3/c1-3-12(2,13)11(18)15-7-8-4-5-9(10(16)17)14-6-8/h4-6H,3,7,13H2,1-2H3,(H,15,18)(H,16,17). The number of nitrogens with one attached hydrogen (secondary N) is 1. The minimum absolute atomic E-state index is 0.0257. The fourth-order valence-corrected chi connectivity index (χ4v) is 1.20. The smallest absolute Gasteiger partial charge is 0.354 e. The van der Waals surface area contributed by atoms with Gasteiger partial charge in [0, 0.05) is 12.7 Å². The Morgan fingerprint density at radius 1 is 1.50 bits per heavy atom. The first-order valence-corrected chi connectivity index (χ1v) is 5.62. The summed E-state index contributed by atoms with van der Waals surface area (Å²) in [5.74, 6) is -1.32. The van der Waals surface area contributed by atoms with Crippen molar-refractivity contribution in [2.24, 2.45) is 5.73 Å². The van der Waals surface area contributed by atoms with Crippen molar-refractivity contribution < 1.29 is 14.7 Å². The van der Waals surface area contributed by atoms with E-state index < -0.39 is 11.5 Å². The van der Waals surface area contributed by atoms with Crippen LogP contribution in [0.4, 0.5) is 0 Å². The van der Waals surface area contributed by atoms with Gasteiger partial charge in [0.1, 0.15) is 5.69 Å². The van der Waals surface area contributed by atoms with Gasteiger partial charge in [0.15, 0.2) is 0 Å². The highest BCUT2D eigenvalue weighted by Crippen LogP contribution is 2.05. The Bertz CT molecular complexity index is 440. The van der Waals surface area contributed by atoms with Crippen LogP contribution in [0.1, 0.15) is 36.3 Å². The lowest BCUT2D eigenvalue weighted by molar-refractivity contribution is -0.126. The minimum atomic E-state index is -1.08. The lowest BCUT2D eigenvalue weighted by Gasteiger charge is -2.21. The number of carboxylic acids is 1. The molecule has 0 aromatic carbocycles. The number of pyridine rings is 1. The van der Waals surface area contributed by atoms with Crippen molar-refractivity contribution in [2.45, 2.75) is 32.4 Å². The zero-order chi connectivity index (χ0) is 13.8. The number of carbonyl (C=O) groups is 2. The molecular formula is C12H17N3O3. The van der Waals surface area contributed by atoms with Crippen LogP contribution in [0.5, 0.6) is 0 Å². The van der Waals surface area contributed by atoms with Gasteiger partial charge in [-0.3, -0.25) is 4.79 Å². The highest BCUT2D eigenvalue weighted by molar-refractivity contribution is 5.86. The van der Waals surface area contributed by atoms with E-state index in [-0.39, 0.29) is 18.1 Å². The molecule has 98 valence electrons. The lowest BCUT2D eigenvalue weighted by Crippen LogP contribution is -2.50. The molecule has 1 amide bonds. The van der Waals surface area contributed by atoms with Crippen LogP contribution in [0.15, 0.2) is 18.3 Å². The second kappa shape index (κ2) is 5.59. The van der Waals surface area contributed by atoms with Crippen LogP contribution in [-0.2, 0) is 11.3 Å². The maximum atomic E-state index is 11.7. The zero-order valence-electron chi connectivity index (χ0n) is 10.4. The molecule has 1 heterocycles. The molecule has 18 heavy (non-hydrogen) atoms. The number of carbonyl (C=O) groups excluding carboxylic acids is 1. The molecule has 0 radical (unpaired) electrons. The van der Waals surface area contributed by atoms with Crippen LogP contribution in [0.2, 0.25) is 0 Å². The summed E-state index contributed by atoms with van der Waals surface area (Å²) in [6.45, 7) is 3.77. The fraction of sp³-hybridized carbons (Fsp3) is 0.417. The molecule has 0 spiro atoms. The molecule has 1 rings (SSSR count). The third-order valence-electron chi connectivity index (χ3n) is 2.75. The molecule has 6 nitrogen and oxygen atoms in total. The molecule has 1 aromatic rings. The summed E-state index contributed by atoms with van der Waals surface area (Å²) >= 11 is 0. The Kier molecular flexibility index (Phi) is 4.38. The summed E-state index contributed by atoms with van der Waals surface area (Å²) in [5, 5.41) is 11.4. The number of hydrogen-bond donors (Lipinski definition) is 3. The number of aromatic carboxylic acids is 1. The lowest BCUT2D eigenvalue weighted by atomic mass is 9.99. The summed E-state index contributed by atoms with van der Waals surface area (Å²) < 4.78 is 0. The van der Waals surface area contributed by atoms with Gasteiger partial charge in [0.2, 0.25) is 5.91 Å². The highest BCUT2D eigenvalue weighted by atomic mass is 16.4. The normalized spacial score (nSPS) is 13.7. The Labute approximate surface area is 105 Å². The number of carboxylic acid groups (broad SMARTS) is 1. The maximum Gasteiger partial charge on any atom is 0.354 e. The van der Waals surface area contributed by atoms with Gasteiger partial charge in [-0.1, -0.05) is 13.0 Å². The Balaban J connectivity index is 2.59. The molecule has 0 aliphatic rings. The number of aromatic nitrogens is 1. The van der Waals surface area contributed by atoms with Crippen LogP contribution in [-0.4, -0.2) is 27.5 Å². The molecule has 0 bridgehead atoms. The van der Waals surface area contributed by atoms with Gasteiger partial charge in [-0.25, -0.2) is 9.78 Å². The van der Waals surface area contributed by atoms with Gasteiger partial charge in [0.05, 0.1) is 5.54 Å². The largest absolute Gasteiger partial charge is 0.477 e. The molecule has 0 aliphatic heterocycles. The first kappa shape index (κ1) is 14.1. The van der Waals surface area contributed by atoms with E-state index in [0.717, 1.165) is 5.56 Å². The third kappa shape index (κ3) is 3.53. The van der Waals surface area contributed by atoms with E-state index in [0.29, 0.717) is 6.42 Å². The van der Waals surface area contributed by atoms with Crippen molar-refractivity contribution in [3.63, 3.8) is 0 Å². The van der Waals surface area contributed by atoms with E-state index in [4.69, 9.17) is 10.8 Å². The minimum Gasteiger partial charge on any atom is -0.477 e. The van der Waals surface area contributed by atoms with Gasteiger partial charge in [-0.05, 0) is 25.0 Å². The van der Waals surface area contributed by atoms with E-state index in [1.165, 1.54) is 12.3 Å². The van der Waals surface area contributed by atoms with Crippen LogP contribution >= 0.6 is 0 Å². The second-order valence-electron chi connectivity index (χ2n) is 4.31. The number of rotatable bonds is 5. The first-order chi connectivity index (χ1) is 8.36. The molecular weight excluding hydrogens is 234 g/mol. The zero-order valence-corrected chi connectivity index (χ0v) is 10.4. The first-order valence-electron chi connectivity index (χ1n) is 5.62. The molecule has 1 unspecified atom stereocenters. The van der Waals surface area contributed by atoms with Gasteiger partial charge >= 0.3 is 5.97 Å². The number of hydrogen-bond acceptors (Lipinski definition) is 4. The average molecular weight is 251 g/mol. The monoisotopic (exact) mass is 251 g/mol. The van der Waals surface area contributed by atoms with Crippen molar-refractivity contribution >= 4 is 11.9 Å². The number of nitrogens with two attached hydrogens (primary N) is 1. The molecule has 0 saturated carbocycles. The quantitative estimate of drug-likeness (QED) is 0.707. The summed E-state index contributed by atoms with van der Waals surface area (Å²) in [6, 6.07) is 3.00. The fourth-order valence-electron chi connectivity index (χ4n) is 1.20. The molecule has 0 aliphatic carbocycles. The summed E-state index contributed by atoms with van der Waals surface area (Å²) in [6.07, 6.45) is 1.96. The van der Waals surface area contributed by atoms with Gasteiger partial charge < -0.3 is 16.2 Å². The van der Waals surface area contributed by atoms with Crippen LogP contribution in [0.3, 0.4) is 0 Å². The van der Waals surface area contributed by atoms with Crippen molar-refractivity contribution in [3.8, 4) is 0 Å². The predicted molar refractivity (Wildman–Crippen MR) is 65.9 cm³/mol. The molecule has 1 atom stereocenters. The summed E-state index contributed by atoms with van der Waals surface area (Å²) in [7, 11) is 0. The van der Waals surface area contributed by atoms with Crippen LogP contribution in [0, 0.1) is 0 Å². The topological polar surface area (TPSA) is 105 Å². The number of nitrogens with zero attached hydrogens (tertiary/aromatic N) is 1. The average Bonchev–Trinajstić information content (AvgIpc) is 2.36.